The van der Waals surface area contributed by atoms with Crippen molar-refractivity contribution < 1.29 is 32.3 Å². The number of hydrogen-bond donors (Lipinski definition) is 4. The Balaban J connectivity index is 1.68. The van der Waals surface area contributed by atoms with Gasteiger partial charge in [0.1, 0.15) is 29.4 Å². The van der Waals surface area contributed by atoms with Crippen LogP contribution in [0.4, 0.5) is 0 Å². The van der Waals surface area contributed by atoms with E-state index in [0.29, 0.717) is 24.0 Å². The molecule has 2 aromatic rings. The predicted molar refractivity (Wildman–Crippen MR) is 185 cm³/mol. The highest BCUT2D eigenvalue weighted by Crippen LogP contribution is 2.43. The van der Waals surface area contributed by atoms with Gasteiger partial charge in [-0.1, -0.05) is 30.3 Å². The maximum atomic E-state index is 13.5. The lowest BCUT2D eigenvalue weighted by Gasteiger charge is -2.22. The highest BCUT2D eigenvalue weighted by Gasteiger charge is 2.36. The number of carbonyl (C=O) groups is 3. The summed E-state index contributed by atoms with van der Waals surface area (Å²) in [5.74, 6) is -1.35. The van der Waals surface area contributed by atoms with Crippen LogP contribution in [-0.2, 0) is 42.0 Å². The Labute approximate surface area is 284 Å². The number of aliphatic imine (C=N–C) groups is 1. The van der Waals surface area contributed by atoms with Gasteiger partial charge in [-0.25, -0.2) is 13.1 Å². The van der Waals surface area contributed by atoms with Crippen LogP contribution in [0, 0.1) is 20.8 Å². The molecule has 1 aliphatic heterocycles. The van der Waals surface area contributed by atoms with Crippen LogP contribution in [0.15, 0.2) is 40.2 Å². The fourth-order valence-electron chi connectivity index (χ4n) is 5.75. The van der Waals surface area contributed by atoms with Crippen molar-refractivity contribution in [1.29, 1.82) is 0 Å². The average Bonchev–Trinajstić information content (AvgIpc) is 3.28. The number of hydrogen-bond acceptors (Lipinski definition) is 8. The molecule has 0 radical (unpaired) electrons. The Bertz CT molecular complexity index is 1650. The third kappa shape index (κ3) is 10.7. The highest BCUT2D eigenvalue weighted by molar-refractivity contribution is 7.90. The van der Waals surface area contributed by atoms with E-state index in [1.807, 2.05) is 58.0 Å². The summed E-state index contributed by atoms with van der Waals surface area (Å²) in [6.45, 7) is 16.3. The number of nitrogens with zero attached hydrogens (tertiary/aromatic N) is 1. The molecule has 5 N–H and O–H groups in total. The number of fused-ring (bicyclic) bond motifs is 1. The second-order valence-electron chi connectivity index (χ2n) is 14.0. The molecule has 2 aromatic carbocycles. The highest BCUT2D eigenvalue weighted by atomic mass is 32.2. The first-order chi connectivity index (χ1) is 22.2. The third-order valence-electron chi connectivity index (χ3n) is 7.88. The van der Waals surface area contributed by atoms with Gasteiger partial charge in [-0.15, -0.1) is 0 Å². The molecule has 1 heterocycles. The van der Waals surface area contributed by atoms with Crippen LogP contribution in [0.1, 0.15) is 88.6 Å². The van der Waals surface area contributed by atoms with Crippen LogP contribution in [-0.4, -0.2) is 62.0 Å². The van der Waals surface area contributed by atoms with Crippen molar-refractivity contribution in [1.82, 2.24) is 15.4 Å². The van der Waals surface area contributed by atoms with Crippen LogP contribution in [0.2, 0.25) is 0 Å². The Kier molecular flexibility index (Phi) is 12.3. The number of nitrogens with one attached hydrogen (secondary N) is 3. The molecule has 2 atom stereocenters. The molecular weight excluding hydrogens is 634 g/mol. The van der Waals surface area contributed by atoms with Gasteiger partial charge in [-0.2, -0.15) is 0 Å². The minimum atomic E-state index is -4.08. The normalized spacial score (nSPS) is 15.5. The van der Waals surface area contributed by atoms with Crippen molar-refractivity contribution in [2.45, 2.75) is 123 Å². The SMILES string of the molecule is Cc1c(C)c(S(=O)(=O)NC(N)=NCCCC(NC(=O)CC(=O)OC(C)(C)C)C(=O)N[C@H](C)Cc2ccccc2)c(C)c2c1OC(C)(C)C2. The maximum absolute atomic E-state index is 13.5. The molecule has 264 valence electrons. The zero-order valence-electron chi connectivity index (χ0n) is 29.6. The molecule has 0 saturated carbocycles. The quantitative estimate of drug-likeness (QED) is 0.0811. The van der Waals surface area contributed by atoms with Gasteiger partial charge in [0.05, 0.1) is 4.90 Å². The van der Waals surface area contributed by atoms with Crippen LogP contribution < -0.4 is 25.8 Å². The van der Waals surface area contributed by atoms with E-state index in [1.54, 1.807) is 34.6 Å². The van der Waals surface area contributed by atoms with Gasteiger partial charge < -0.3 is 25.8 Å². The van der Waals surface area contributed by atoms with Crippen LogP contribution >= 0.6 is 0 Å². The summed E-state index contributed by atoms with van der Waals surface area (Å²) in [6, 6.07) is 8.46. The number of sulfonamides is 1. The number of ether oxygens (including phenoxy) is 2. The zero-order valence-corrected chi connectivity index (χ0v) is 30.4. The molecule has 0 saturated heterocycles. The third-order valence-corrected chi connectivity index (χ3v) is 9.51. The number of amides is 2. The standard InChI is InChI=1S/C35H51N5O7S/c1-21(18-25-14-11-10-12-15-25)38-32(43)27(39-28(41)19-29(42)46-34(5,6)7)16-13-17-37-33(36)40-48(44,45)31-23(3)22(2)30-26(24(31)4)20-35(8,9)47-30/h10-12,14-15,21,27H,13,16-20H2,1-9H3,(H,38,43)(H,39,41)(H3,36,37,40)/t21-,27?/m1/s1. The van der Waals surface area contributed by atoms with Crippen molar-refractivity contribution in [3.05, 3.63) is 58.1 Å². The van der Waals surface area contributed by atoms with Gasteiger partial charge in [-0.05, 0) is 104 Å². The van der Waals surface area contributed by atoms with Crippen LogP contribution in [0.3, 0.4) is 0 Å². The fraction of sp³-hybridized carbons (Fsp3) is 0.543. The number of guanidine groups is 1. The largest absolute Gasteiger partial charge is 0.487 e. The van der Waals surface area contributed by atoms with Gasteiger partial charge >= 0.3 is 5.97 Å². The Morgan fingerprint density at radius 1 is 1.04 bits per heavy atom. The number of benzene rings is 2. The summed E-state index contributed by atoms with van der Waals surface area (Å²) in [5, 5.41) is 5.57. The van der Waals surface area contributed by atoms with Crippen LogP contribution in [0.25, 0.3) is 0 Å². The molecule has 0 aliphatic carbocycles. The van der Waals surface area contributed by atoms with Crippen molar-refractivity contribution in [3.8, 4) is 5.75 Å². The van der Waals surface area contributed by atoms with Gasteiger partial charge in [0, 0.05) is 24.6 Å². The Morgan fingerprint density at radius 2 is 1.69 bits per heavy atom. The number of rotatable bonds is 13. The lowest BCUT2D eigenvalue weighted by atomic mass is 9.94. The van der Waals surface area contributed by atoms with E-state index >= 15 is 0 Å². The molecule has 0 bridgehead atoms. The van der Waals surface area contributed by atoms with Crippen molar-refractivity contribution in [3.63, 3.8) is 0 Å². The maximum Gasteiger partial charge on any atom is 0.315 e. The molecule has 3 rings (SSSR count). The second kappa shape index (κ2) is 15.4. The summed E-state index contributed by atoms with van der Waals surface area (Å²) in [4.78, 5) is 42.6. The molecular formula is C35H51N5O7S. The van der Waals surface area contributed by atoms with Crippen LogP contribution in [0.5, 0.6) is 5.75 Å². The van der Waals surface area contributed by atoms with E-state index in [9.17, 15) is 22.8 Å². The number of nitrogens with two attached hydrogens (primary N) is 1. The minimum Gasteiger partial charge on any atom is -0.487 e. The van der Waals surface area contributed by atoms with Gasteiger partial charge in [0.2, 0.25) is 17.8 Å². The Hall–Kier alpha value is -4.13. The van der Waals surface area contributed by atoms with E-state index in [1.165, 1.54) is 0 Å². The van der Waals surface area contributed by atoms with E-state index in [0.717, 1.165) is 22.4 Å². The monoisotopic (exact) mass is 685 g/mol. The minimum absolute atomic E-state index is 0.0723. The summed E-state index contributed by atoms with van der Waals surface area (Å²) in [5.41, 5.74) is 8.66. The van der Waals surface area contributed by atoms with E-state index in [-0.39, 0.29) is 36.3 Å². The fourth-order valence-corrected chi connectivity index (χ4v) is 7.27. The van der Waals surface area contributed by atoms with Gasteiger partial charge in [-0.3, -0.25) is 19.4 Å². The lowest BCUT2D eigenvalue weighted by molar-refractivity contribution is -0.156. The smallest absolute Gasteiger partial charge is 0.315 e. The molecule has 0 spiro atoms. The first-order valence-corrected chi connectivity index (χ1v) is 17.7. The van der Waals surface area contributed by atoms with Gasteiger partial charge in [0.15, 0.2) is 0 Å². The molecule has 48 heavy (non-hydrogen) atoms. The molecule has 1 unspecified atom stereocenters. The van der Waals surface area contributed by atoms with Crippen molar-refractivity contribution >= 4 is 33.8 Å². The average molecular weight is 686 g/mol. The zero-order chi connectivity index (χ0) is 36.0. The molecule has 1 aliphatic rings. The first-order valence-electron chi connectivity index (χ1n) is 16.2. The van der Waals surface area contributed by atoms with Gasteiger partial charge in [0.25, 0.3) is 10.0 Å². The molecule has 0 aromatic heterocycles. The first kappa shape index (κ1) is 38.3. The van der Waals surface area contributed by atoms with Crippen molar-refractivity contribution in [2.75, 3.05) is 6.54 Å². The van der Waals surface area contributed by atoms with E-state index < -0.39 is 51.5 Å². The molecule has 13 heteroatoms. The topological polar surface area (TPSA) is 178 Å². The summed E-state index contributed by atoms with van der Waals surface area (Å²) in [7, 11) is -4.08. The molecule has 0 fully saturated rings. The Morgan fingerprint density at radius 3 is 2.31 bits per heavy atom. The summed E-state index contributed by atoms with van der Waals surface area (Å²) in [6.07, 6.45) is 1.06. The number of carbonyl (C=O) groups excluding carboxylic acids is 3. The second-order valence-corrected chi connectivity index (χ2v) is 15.7. The van der Waals surface area contributed by atoms with Crippen molar-refractivity contribution in [2.24, 2.45) is 10.7 Å². The summed E-state index contributed by atoms with van der Waals surface area (Å²) < 4.78 is 40.7. The summed E-state index contributed by atoms with van der Waals surface area (Å²) >= 11 is 0. The molecule has 12 nitrogen and oxygen atoms in total. The molecule has 2 amide bonds. The van der Waals surface area contributed by atoms with E-state index in [4.69, 9.17) is 15.2 Å². The lowest BCUT2D eigenvalue weighted by Crippen LogP contribution is -2.50. The predicted octanol–water partition coefficient (Wildman–Crippen LogP) is 3.66. The van der Waals surface area contributed by atoms with E-state index in [2.05, 4.69) is 20.3 Å². The number of esters is 1.